The van der Waals surface area contributed by atoms with E-state index < -0.39 is 16.8 Å². The Hall–Kier alpha value is -0.750. The molecule has 2 unspecified atom stereocenters. The van der Waals surface area contributed by atoms with Crippen molar-refractivity contribution in [1.29, 1.82) is 0 Å². The molecule has 1 saturated heterocycles. The van der Waals surface area contributed by atoms with Crippen LogP contribution >= 0.6 is 11.8 Å². The van der Waals surface area contributed by atoms with Crippen LogP contribution in [0.5, 0.6) is 0 Å². The summed E-state index contributed by atoms with van der Waals surface area (Å²) in [4.78, 5) is 25.3. The summed E-state index contributed by atoms with van der Waals surface area (Å²) in [6, 6.07) is -0.442. The van der Waals surface area contributed by atoms with E-state index in [2.05, 4.69) is 13.8 Å². The lowest BCUT2D eigenvalue weighted by atomic mass is 9.98. The molecule has 0 aromatic carbocycles. The fourth-order valence-electron chi connectivity index (χ4n) is 2.62. The largest absolute Gasteiger partial charge is 0.480 e. The van der Waals surface area contributed by atoms with Crippen molar-refractivity contribution in [3.63, 3.8) is 0 Å². The molecule has 3 N–H and O–H groups in total. The van der Waals surface area contributed by atoms with Crippen molar-refractivity contribution in [2.24, 2.45) is 5.73 Å². The number of carbonyl (C=O) groups excluding carboxylic acids is 1. The number of rotatable bonds is 5. The van der Waals surface area contributed by atoms with E-state index in [9.17, 15) is 9.59 Å². The number of nitrogens with two attached hydrogens (primary N) is 1. The molecule has 3 atom stereocenters. The van der Waals surface area contributed by atoms with Crippen molar-refractivity contribution in [3.8, 4) is 0 Å². The Bertz CT molecular complexity index is 363. The monoisotopic (exact) mass is 302 g/mol. The van der Waals surface area contributed by atoms with Crippen LogP contribution in [-0.2, 0) is 9.59 Å². The van der Waals surface area contributed by atoms with Gasteiger partial charge in [-0.3, -0.25) is 9.59 Å². The fraction of sp³-hybridized carbons (Fsp3) is 0.857. The van der Waals surface area contributed by atoms with Crippen LogP contribution in [0.3, 0.4) is 0 Å². The van der Waals surface area contributed by atoms with Gasteiger partial charge in [0, 0.05) is 16.8 Å². The molecular weight excluding hydrogens is 276 g/mol. The normalized spacial score (nSPS) is 25.4. The van der Waals surface area contributed by atoms with Crippen molar-refractivity contribution < 1.29 is 14.7 Å². The number of piperidine rings is 1. The molecule has 0 saturated carbocycles. The Labute approximate surface area is 125 Å². The third-order valence-corrected chi connectivity index (χ3v) is 5.45. The summed E-state index contributed by atoms with van der Waals surface area (Å²) in [6.45, 7) is 7.69. The van der Waals surface area contributed by atoms with Crippen molar-refractivity contribution in [3.05, 3.63) is 0 Å². The highest BCUT2D eigenvalue weighted by Crippen LogP contribution is 2.29. The summed E-state index contributed by atoms with van der Waals surface area (Å²) in [5, 5.41) is 8.98. The topological polar surface area (TPSA) is 83.6 Å². The van der Waals surface area contributed by atoms with E-state index in [0.29, 0.717) is 0 Å². The van der Waals surface area contributed by atoms with Crippen molar-refractivity contribution in [2.75, 3.05) is 5.75 Å². The van der Waals surface area contributed by atoms with Crippen LogP contribution in [0.4, 0.5) is 0 Å². The highest BCUT2D eigenvalue weighted by molar-refractivity contribution is 8.01. The second-order valence-corrected chi connectivity index (χ2v) is 7.77. The molecule has 0 aliphatic carbocycles. The van der Waals surface area contributed by atoms with Gasteiger partial charge in [-0.15, -0.1) is 11.8 Å². The van der Waals surface area contributed by atoms with Crippen LogP contribution in [0.1, 0.15) is 47.0 Å². The van der Waals surface area contributed by atoms with Crippen molar-refractivity contribution in [1.82, 2.24) is 4.90 Å². The van der Waals surface area contributed by atoms with E-state index in [4.69, 9.17) is 10.8 Å². The molecule has 0 aromatic heterocycles. The number of thioether (sulfide) groups is 1. The van der Waals surface area contributed by atoms with Crippen LogP contribution in [0.25, 0.3) is 0 Å². The second kappa shape index (κ2) is 6.80. The summed E-state index contributed by atoms with van der Waals surface area (Å²) in [7, 11) is 0. The van der Waals surface area contributed by atoms with Crippen LogP contribution in [0, 0.1) is 0 Å². The van der Waals surface area contributed by atoms with E-state index in [1.807, 2.05) is 4.90 Å². The van der Waals surface area contributed by atoms with Gasteiger partial charge in [0.1, 0.15) is 6.04 Å². The smallest absolute Gasteiger partial charge is 0.321 e. The molecule has 116 valence electrons. The molecule has 1 heterocycles. The van der Waals surface area contributed by atoms with Gasteiger partial charge < -0.3 is 15.7 Å². The average Bonchev–Trinajstić information content (AvgIpc) is 2.35. The SMILES string of the molecule is CC1CCCC(C)N1C(=O)CSC(C)(C)[C@H](N)C(=O)O. The number of amides is 1. The summed E-state index contributed by atoms with van der Waals surface area (Å²) >= 11 is 1.32. The molecule has 1 aliphatic heterocycles. The molecule has 1 amide bonds. The molecule has 0 bridgehead atoms. The third kappa shape index (κ3) is 4.12. The van der Waals surface area contributed by atoms with E-state index in [1.54, 1.807) is 13.8 Å². The van der Waals surface area contributed by atoms with Crippen LogP contribution in [0.2, 0.25) is 0 Å². The lowest BCUT2D eigenvalue weighted by Crippen LogP contribution is -2.50. The standard InChI is InChI=1S/C14H26N2O3S/c1-9-6-5-7-10(2)16(9)11(17)8-20-14(3,4)12(15)13(18)19/h9-10,12H,5-8,15H2,1-4H3,(H,18,19)/t9?,10?,12-/m1/s1. The van der Waals surface area contributed by atoms with Gasteiger partial charge in [-0.25, -0.2) is 0 Å². The quantitative estimate of drug-likeness (QED) is 0.807. The van der Waals surface area contributed by atoms with E-state index in [0.717, 1.165) is 19.3 Å². The highest BCUT2D eigenvalue weighted by Gasteiger charge is 2.35. The minimum atomic E-state index is -1.03. The Kier molecular flexibility index (Phi) is 5.89. The molecule has 0 aromatic rings. The number of likely N-dealkylation sites (tertiary alicyclic amines) is 1. The fourth-order valence-corrected chi connectivity index (χ4v) is 3.55. The summed E-state index contributed by atoms with van der Waals surface area (Å²) in [5.41, 5.74) is 5.67. The predicted octanol–water partition coefficient (Wildman–Crippen LogP) is 1.70. The van der Waals surface area contributed by atoms with Gasteiger partial charge in [0.15, 0.2) is 0 Å². The lowest BCUT2D eigenvalue weighted by Gasteiger charge is -2.39. The second-order valence-electron chi connectivity index (χ2n) is 6.14. The Morgan fingerprint density at radius 1 is 1.35 bits per heavy atom. The van der Waals surface area contributed by atoms with Gasteiger partial charge in [0.2, 0.25) is 5.91 Å². The van der Waals surface area contributed by atoms with E-state index in [1.165, 1.54) is 11.8 Å². The van der Waals surface area contributed by atoms with Crippen LogP contribution in [0.15, 0.2) is 0 Å². The lowest BCUT2D eigenvalue weighted by molar-refractivity contribution is -0.139. The summed E-state index contributed by atoms with van der Waals surface area (Å²) < 4.78 is -0.663. The van der Waals surface area contributed by atoms with Gasteiger partial charge in [-0.1, -0.05) is 0 Å². The first-order valence-electron chi connectivity index (χ1n) is 7.10. The van der Waals surface area contributed by atoms with Gasteiger partial charge in [-0.2, -0.15) is 0 Å². The minimum absolute atomic E-state index is 0.0837. The highest BCUT2D eigenvalue weighted by atomic mass is 32.2. The molecule has 5 nitrogen and oxygen atoms in total. The minimum Gasteiger partial charge on any atom is -0.480 e. The molecular formula is C14H26N2O3S. The molecule has 1 fully saturated rings. The molecule has 1 rings (SSSR count). The van der Waals surface area contributed by atoms with Gasteiger partial charge in [-0.05, 0) is 47.0 Å². The molecule has 6 heteroatoms. The third-order valence-electron chi connectivity index (χ3n) is 4.06. The zero-order valence-corrected chi connectivity index (χ0v) is 13.6. The van der Waals surface area contributed by atoms with Crippen molar-refractivity contribution in [2.45, 2.75) is 69.8 Å². The number of carbonyl (C=O) groups is 2. The first-order valence-corrected chi connectivity index (χ1v) is 8.09. The molecule has 0 radical (unpaired) electrons. The van der Waals surface area contributed by atoms with Crippen LogP contribution < -0.4 is 5.73 Å². The van der Waals surface area contributed by atoms with Crippen LogP contribution in [-0.4, -0.2) is 50.5 Å². The number of hydrogen-bond donors (Lipinski definition) is 2. The maximum absolute atomic E-state index is 12.4. The molecule has 20 heavy (non-hydrogen) atoms. The summed E-state index contributed by atoms with van der Waals surface area (Å²) in [5.74, 6) is -0.669. The summed E-state index contributed by atoms with van der Waals surface area (Å²) in [6.07, 6.45) is 3.24. The molecule has 1 aliphatic rings. The van der Waals surface area contributed by atoms with E-state index in [-0.39, 0.29) is 23.7 Å². The zero-order valence-electron chi connectivity index (χ0n) is 12.8. The van der Waals surface area contributed by atoms with Gasteiger partial charge in [0.25, 0.3) is 0 Å². The first kappa shape index (κ1) is 17.3. The maximum atomic E-state index is 12.4. The van der Waals surface area contributed by atoms with Gasteiger partial charge in [0.05, 0.1) is 5.75 Å². The average molecular weight is 302 g/mol. The first-order chi connectivity index (χ1) is 9.16. The number of carboxylic acids is 1. The zero-order chi connectivity index (χ0) is 15.5. The maximum Gasteiger partial charge on any atom is 0.321 e. The van der Waals surface area contributed by atoms with Gasteiger partial charge >= 0.3 is 5.97 Å². The number of carboxylic acid groups (broad SMARTS) is 1. The Morgan fingerprint density at radius 2 is 1.85 bits per heavy atom. The number of nitrogens with zero attached hydrogens (tertiary/aromatic N) is 1. The Balaban J connectivity index is 2.60. The van der Waals surface area contributed by atoms with Crippen molar-refractivity contribution >= 4 is 23.6 Å². The Morgan fingerprint density at radius 3 is 2.30 bits per heavy atom. The van der Waals surface area contributed by atoms with E-state index >= 15 is 0 Å². The number of aliphatic carboxylic acids is 1. The number of hydrogen-bond acceptors (Lipinski definition) is 4. The predicted molar refractivity (Wildman–Crippen MR) is 81.8 cm³/mol. The molecule has 0 spiro atoms.